The van der Waals surface area contributed by atoms with Crippen LogP contribution in [-0.2, 0) is 0 Å². The van der Waals surface area contributed by atoms with Crippen LogP contribution in [0, 0.1) is 0 Å². The molecule has 114 valence electrons. The van der Waals surface area contributed by atoms with Gasteiger partial charge in [0.15, 0.2) is 0 Å². The van der Waals surface area contributed by atoms with Gasteiger partial charge in [-0.05, 0) is 19.0 Å². The summed E-state index contributed by atoms with van der Waals surface area (Å²) in [6.45, 7) is 0.0441. The molecular formula is C14H21F3N2O. The Morgan fingerprint density at radius 2 is 1.85 bits per heavy atom. The topological polar surface area (TPSA) is 35.5 Å². The van der Waals surface area contributed by atoms with Gasteiger partial charge < -0.3 is 10.4 Å². The lowest BCUT2D eigenvalue weighted by atomic mass is 10.1. The van der Waals surface area contributed by atoms with Gasteiger partial charge in [0.05, 0.1) is 12.6 Å². The molecule has 1 atom stereocenters. The highest BCUT2D eigenvalue weighted by Crippen LogP contribution is 2.19. The number of aliphatic hydroxyl groups excluding tert-OH is 1. The Morgan fingerprint density at radius 1 is 1.20 bits per heavy atom. The molecule has 0 saturated carbocycles. The number of benzene rings is 1. The van der Waals surface area contributed by atoms with Crippen molar-refractivity contribution < 1.29 is 18.3 Å². The first-order chi connectivity index (χ1) is 9.42. The zero-order chi connectivity index (χ0) is 15.0. The van der Waals surface area contributed by atoms with E-state index < -0.39 is 18.8 Å². The summed E-state index contributed by atoms with van der Waals surface area (Å²) >= 11 is 0. The lowest BCUT2D eigenvalue weighted by Gasteiger charge is -2.24. The first-order valence-electron chi connectivity index (χ1n) is 6.59. The highest BCUT2D eigenvalue weighted by atomic mass is 19.4. The van der Waals surface area contributed by atoms with E-state index in [0.29, 0.717) is 13.1 Å². The minimum absolute atomic E-state index is 0.206. The molecule has 0 spiro atoms. The van der Waals surface area contributed by atoms with E-state index in [0.717, 1.165) is 5.56 Å². The van der Waals surface area contributed by atoms with Crippen LogP contribution in [0.15, 0.2) is 30.3 Å². The Hall–Kier alpha value is -1.11. The monoisotopic (exact) mass is 290 g/mol. The maximum absolute atomic E-state index is 12.5. The van der Waals surface area contributed by atoms with Gasteiger partial charge in [-0.25, -0.2) is 0 Å². The second-order valence-electron chi connectivity index (χ2n) is 4.71. The van der Waals surface area contributed by atoms with E-state index in [-0.39, 0.29) is 13.0 Å². The molecule has 0 saturated heterocycles. The SMILES string of the molecule is CNCCN(CC[C@H](O)c1ccccc1)CC(F)(F)F. The van der Waals surface area contributed by atoms with Crippen LogP contribution in [0.5, 0.6) is 0 Å². The van der Waals surface area contributed by atoms with Gasteiger partial charge in [0.1, 0.15) is 0 Å². The third kappa shape index (κ3) is 6.88. The predicted molar refractivity (Wildman–Crippen MR) is 72.4 cm³/mol. The van der Waals surface area contributed by atoms with Crippen molar-refractivity contribution in [2.45, 2.75) is 18.7 Å². The molecule has 0 aliphatic rings. The smallest absolute Gasteiger partial charge is 0.388 e. The first kappa shape index (κ1) is 16.9. The molecular weight excluding hydrogens is 269 g/mol. The summed E-state index contributed by atoms with van der Waals surface area (Å²) in [6.07, 6.45) is -4.67. The molecule has 0 radical (unpaired) electrons. The molecule has 0 fully saturated rings. The van der Waals surface area contributed by atoms with Crippen molar-refractivity contribution in [3.8, 4) is 0 Å². The lowest BCUT2D eigenvalue weighted by molar-refractivity contribution is -0.146. The minimum atomic E-state index is -4.22. The third-order valence-electron chi connectivity index (χ3n) is 2.98. The molecule has 0 aliphatic carbocycles. The highest BCUT2D eigenvalue weighted by Gasteiger charge is 2.30. The Balaban J connectivity index is 2.48. The van der Waals surface area contributed by atoms with E-state index in [1.165, 1.54) is 4.90 Å². The van der Waals surface area contributed by atoms with Gasteiger partial charge in [0, 0.05) is 19.6 Å². The number of alkyl halides is 3. The number of likely N-dealkylation sites (N-methyl/N-ethyl adjacent to an activating group) is 1. The summed E-state index contributed by atoms with van der Waals surface area (Å²) in [5.74, 6) is 0. The molecule has 6 heteroatoms. The van der Waals surface area contributed by atoms with Gasteiger partial charge in [-0.1, -0.05) is 30.3 Å². The molecule has 0 bridgehead atoms. The largest absolute Gasteiger partial charge is 0.401 e. The van der Waals surface area contributed by atoms with Crippen LogP contribution in [0.4, 0.5) is 13.2 Å². The number of hydrogen-bond donors (Lipinski definition) is 2. The standard InChI is InChI=1S/C14H21F3N2O/c1-18-8-10-19(11-14(15,16)17)9-7-13(20)12-5-3-2-4-6-12/h2-6,13,18,20H,7-11H2,1H3/t13-/m0/s1. The van der Waals surface area contributed by atoms with Gasteiger partial charge >= 0.3 is 6.18 Å². The second kappa shape index (κ2) is 8.24. The zero-order valence-corrected chi connectivity index (χ0v) is 11.5. The van der Waals surface area contributed by atoms with Gasteiger partial charge in [-0.2, -0.15) is 13.2 Å². The summed E-state index contributed by atoms with van der Waals surface area (Å²) in [6, 6.07) is 8.97. The molecule has 1 aromatic carbocycles. The highest BCUT2D eigenvalue weighted by molar-refractivity contribution is 5.17. The van der Waals surface area contributed by atoms with Crippen molar-refractivity contribution in [1.82, 2.24) is 10.2 Å². The van der Waals surface area contributed by atoms with Gasteiger partial charge in [-0.3, -0.25) is 4.90 Å². The Labute approximate surface area is 117 Å². The van der Waals surface area contributed by atoms with Crippen LogP contribution in [0.3, 0.4) is 0 Å². The molecule has 0 heterocycles. The van der Waals surface area contributed by atoms with Gasteiger partial charge in [-0.15, -0.1) is 0 Å². The average molecular weight is 290 g/mol. The maximum atomic E-state index is 12.5. The van der Waals surface area contributed by atoms with Crippen molar-refractivity contribution >= 4 is 0 Å². The molecule has 0 aliphatic heterocycles. The van der Waals surface area contributed by atoms with Crippen LogP contribution in [0.1, 0.15) is 18.1 Å². The van der Waals surface area contributed by atoms with Crippen molar-refractivity contribution in [1.29, 1.82) is 0 Å². The molecule has 2 N–H and O–H groups in total. The molecule has 1 aromatic rings. The molecule has 3 nitrogen and oxygen atoms in total. The van der Waals surface area contributed by atoms with Crippen molar-refractivity contribution in [3.05, 3.63) is 35.9 Å². The normalized spacial score (nSPS) is 13.7. The van der Waals surface area contributed by atoms with Crippen LogP contribution >= 0.6 is 0 Å². The number of rotatable bonds is 8. The molecule has 1 rings (SSSR count). The molecule has 20 heavy (non-hydrogen) atoms. The van der Waals surface area contributed by atoms with Crippen molar-refractivity contribution in [2.75, 3.05) is 33.2 Å². The maximum Gasteiger partial charge on any atom is 0.401 e. The van der Waals surface area contributed by atoms with Crippen LogP contribution in [0.2, 0.25) is 0 Å². The van der Waals surface area contributed by atoms with E-state index in [4.69, 9.17) is 0 Å². The molecule has 0 amide bonds. The number of hydrogen-bond acceptors (Lipinski definition) is 3. The number of nitrogens with zero attached hydrogens (tertiary/aromatic N) is 1. The Kier molecular flexibility index (Phi) is 6.98. The fraction of sp³-hybridized carbons (Fsp3) is 0.571. The van der Waals surface area contributed by atoms with Gasteiger partial charge in [0.25, 0.3) is 0 Å². The van der Waals surface area contributed by atoms with E-state index in [1.54, 1.807) is 31.3 Å². The number of aliphatic hydroxyl groups is 1. The minimum Gasteiger partial charge on any atom is -0.388 e. The van der Waals surface area contributed by atoms with Crippen LogP contribution in [0.25, 0.3) is 0 Å². The van der Waals surface area contributed by atoms with Crippen LogP contribution in [-0.4, -0.2) is 49.4 Å². The summed E-state index contributed by atoms with van der Waals surface area (Å²) < 4.78 is 37.4. The van der Waals surface area contributed by atoms with Crippen molar-refractivity contribution in [3.63, 3.8) is 0 Å². The third-order valence-corrected chi connectivity index (χ3v) is 2.98. The fourth-order valence-electron chi connectivity index (χ4n) is 1.94. The Bertz CT molecular complexity index is 370. The van der Waals surface area contributed by atoms with E-state index >= 15 is 0 Å². The molecule has 0 aromatic heterocycles. The van der Waals surface area contributed by atoms with E-state index in [2.05, 4.69) is 5.32 Å². The van der Waals surface area contributed by atoms with Gasteiger partial charge in [0.2, 0.25) is 0 Å². The molecule has 0 unspecified atom stereocenters. The van der Waals surface area contributed by atoms with Crippen LogP contribution < -0.4 is 5.32 Å². The summed E-state index contributed by atoms with van der Waals surface area (Å²) in [5.41, 5.74) is 0.730. The number of halogens is 3. The van der Waals surface area contributed by atoms with E-state index in [9.17, 15) is 18.3 Å². The first-order valence-corrected chi connectivity index (χ1v) is 6.59. The fourth-order valence-corrected chi connectivity index (χ4v) is 1.94. The van der Waals surface area contributed by atoms with E-state index in [1.807, 2.05) is 6.07 Å². The average Bonchev–Trinajstić information content (AvgIpc) is 2.41. The quantitative estimate of drug-likeness (QED) is 0.770. The number of nitrogens with one attached hydrogen (secondary N) is 1. The predicted octanol–water partition coefficient (Wildman–Crippen LogP) is 2.19. The zero-order valence-electron chi connectivity index (χ0n) is 11.5. The second-order valence-corrected chi connectivity index (χ2v) is 4.71. The van der Waals surface area contributed by atoms with Crippen molar-refractivity contribution in [2.24, 2.45) is 0 Å². The summed E-state index contributed by atoms with van der Waals surface area (Å²) in [4.78, 5) is 1.31. The summed E-state index contributed by atoms with van der Waals surface area (Å²) in [7, 11) is 1.70. The summed E-state index contributed by atoms with van der Waals surface area (Å²) in [5, 5.41) is 12.8. The Morgan fingerprint density at radius 3 is 2.40 bits per heavy atom. The lowest BCUT2D eigenvalue weighted by Crippen LogP contribution is -2.39.